The molecule has 3 N–H and O–H groups in total. The van der Waals surface area contributed by atoms with Gasteiger partial charge in [0.05, 0.1) is 50.6 Å². The Kier molecular flexibility index (Phi) is 9.71. The van der Waals surface area contributed by atoms with E-state index in [1.807, 2.05) is 52.1 Å². The van der Waals surface area contributed by atoms with Crippen molar-refractivity contribution in [1.82, 2.24) is 4.98 Å². The Morgan fingerprint density at radius 3 is 2.21 bits per heavy atom. The molecule has 48 heavy (non-hydrogen) atoms. The van der Waals surface area contributed by atoms with Crippen molar-refractivity contribution in [2.75, 3.05) is 62.7 Å². The van der Waals surface area contributed by atoms with Crippen molar-refractivity contribution >= 4 is 52.0 Å². The van der Waals surface area contributed by atoms with Gasteiger partial charge in [0.25, 0.3) is 0 Å². The maximum atomic E-state index is 16.1. The van der Waals surface area contributed by atoms with Gasteiger partial charge in [0.15, 0.2) is 52.6 Å². The average molecular weight is 705 g/mol. The fourth-order valence-electron chi connectivity index (χ4n) is 5.29. The molecule has 1 unspecified atom stereocenters. The number of fused-ring (bicyclic) bond motifs is 1. The molecule has 0 radical (unpaired) electrons. The molecule has 1 fully saturated rings. The number of anilines is 4. The largest absolute Gasteiger partial charge is 0.494 e. The Morgan fingerprint density at radius 1 is 1.04 bits per heavy atom. The van der Waals surface area contributed by atoms with Crippen molar-refractivity contribution in [1.29, 1.82) is 0 Å². The van der Waals surface area contributed by atoms with Crippen LogP contribution in [0.25, 0.3) is 11.0 Å². The van der Waals surface area contributed by atoms with E-state index < -0.39 is 46.5 Å². The minimum Gasteiger partial charge on any atom is -0.494 e. The van der Waals surface area contributed by atoms with E-state index in [-0.39, 0.29) is 38.9 Å². The van der Waals surface area contributed by atoms with E-state index in [9.17, 15) is 8.42 Å². The normalized spacial score (nSPS) is 15.1. The van der Waals surface area contributed by atoms with Crippen LogP contribution in [0.4, 0.5) is 31.7 Å². The molecule has 0 aliphatic carbocycles. The summed E-state index contributed by atoms with van der Waals surface area (Å²) in [6, 6.07) is 8.16. The number of nitrogens with two attached hydrogens (primary N) is 1. The fourth-order valence-corrected chi connectivity index (χ4v) is 7.53. The van der Waals surface area contributed by atoms with Crippen molar-refractivity contribution < 1.29 is 40.3 Å². The number of halogens is 2. The van der Waals surface area contributed by atoms with Crippen molar-refractivity contribution in [3.05, 3.63) is 59.5 Å². The molecular formula is C33H42F2N4O7SSi. The number of nitrogens with one attached hydrogen (secondary N) is 1. The molecule has 11 nitrogen and oxygen atoms in total. The lowest BCUT2D eigenvalue weighted by Crippen LogP contribution is -2.42. The molecule has 1 aliphatic heterocycles. The van der Waals surface area contributed by atoms with Gasteiger partial charge in [0.1, 0.15) is 16.8 Å². The molecule has 2 aromatic carbocycles. The topological polar surface area (TPSA) is 138 Å². The van der Waals surface area contributed by atoms with E-state index >= 15 is 8.78 Å². The zero-order valence-corrected chi connectivity index (χ0v) is 30.2. The lowest BCUT2D eigenvalue weighted by Gasteiger charge is -2.39. The summed E-state index contributed by atoms with van der Waals surface area (Å²) in [5.41, 5.74) is 7.83. The lowest BCUT2D eigenvalue weighted by molar-refractivity contribution is 0.122. The summed E-state index contributed by atoms with van der Waals surface area (Å²) in [6.07, 6.45) is 0.710. The number of hydrogen-bond donors (Lipinski definition) is 2. The summed E-state index contributed by atoms with van der Waals surface area (Å²) in [5.74, 6) is -2.79. The predicted octanol–water partition coefficient (Wildman–Crippen LogP) is 6.80. The SMILES string of the molecule is COc1cc(OC)c(F)c(C(O[Si](C)(C)C(C)(C)C)c2oc3cnc(Nc4ccc(N5CCOCC5)cc4N)cc3c2S(C)(=O)=O)c1F. The number of nitrogens with zero attached hydrogens (tertiary/aromatic N) is 2. The van der Waals surface area contributed by atoms with Crippen molar-refractivity contribution in [2.45, 2.75) is 49.9 Å². The van der Waals surface area contributed by atoms with Crippen LogP contribution in [-0.2, 0) is 19.0 Å². The van der Waals surface area contributed by atoms with Crippen LogP contribution in [0.2, 0.25) is 18.1 Å². The first-order chi connectivity index (χ1) is 22.5. The highest BCUT2D eigenvalue weighted by Crippen LogP contribution is 2.48. The number of morpholine rings is 1. The number of sulfone groups is 1. The molecule has 5 rings (SSSR count). The van der Waals surface area contributed by atoms with Gasteiger partial charge in [-0.2, -0.15) is 0 Å². The second kappa shape index (κ2) is 13.2. The molecule has 15 heteroatoms. The summed E-state index contributed by atoms with van der Waals surface area (Å²) in [7, 11) is -4.51. The molecule has 1 aliphatic rings. The molecule has 3 heterocycles. The number of nitrogen functional groups attached to an aromatic ring is 1. The third-order valence-electron chi connectivity index (χ3n) is 8.93. The Labute approximate surface area is 280 Å². The van der Waals surface area contributed by atoms with Gasteiger partial charge in [0.2, 0.25) is 0 Å². The number of pyridine rings is 1. The fraction of sp³-hybridized carbons (Fsp3) is 0.424. The second-order valence-corrected chi connectivity index (χ2v) is 19.9. The highest BCUT2D eigenvalue weighted by molar-refractivity contribution is 7.91. The van der Waals surface area contributed by atoms with Gasteiger partial charge in [-0.3, -0.25) is 0 Å². The highest BCUT2D eigenvalue weighted by atomic mass is 32.2. The second-order valence-electron chi connectivity index (χ2n) is 13.2. The zero-order chi connectivity index (χ0) is 35.2. The lowest BCUT2D eigenvalue weighted by atomic mass is 10.0. The van der Waals surface area contributed by atoms with Crippen molar-refractivity contribution in [3.8, 4) is 11.5 Å². The number of furan rings is 1. The van der Waals surface area contributed by atoms with Gasteiger partial charge in [-0.05, 0) is 42.4 Å². The third kappa shape index (κ3) is 6.81. The minimum atomic E-state index is -4.10. The molecule has 0 bridgehead atoms. The van der Waals surface area contributed by atoms with Crippen molar-refractivity contribution in [2.24, 2.45) is 0 Å². The van der Waals surface area contributed by atoms with Gasteiger partial charge in [-0.25, -0.2) is 22.2 Å². The summed E-state index contributed by atoms with van der Waals surface area (Å²) >= 11 is 0. The molecule has 0 spiro atoms. The van der Waals surface area contributed by atoms with E-state index in [0.717, 1.165) is 31.1 Å². The number of hydrogen-bond acceptors (Lipinski definition) is 11. The van der Waals surface area contributed by atoms with E-state index in [1.54, 1.807) is 0 Å². The van der Waals surface area contributed by atoms with Gasteiger partial charge < -0.3 is 39.0 Å². The summed E-state index contributed by atoms with van der Waals surface area (Å²) in [4.78, 5) is 6.31. The minimum absolute atomic E-state index is 0.0751. The predicted molar refractivity (Wildman–Crippen MR) is 184 cm³/mol. The number of aromatic nitrogens is 1. The average Bonchev–Trinajstić information content (AvgIpc) is 3.41. The maximum Gasteiger partial charge on any atom is 0.193 e. The molecule has 0 amide bonds. The standard InChI is InChI=1S/C33H42F2N4O7SSi/c1-33(2,3)48(7,8)46-30(27-28(34)23(42-4)17-24(43-5)29(27)35)31-32(47(6,40)41)20-16-26(37-18-25(20)45-31)38-22-10-9-19(15-21(22)36)39-11-13-44-14-12-39/h9-10,15-18,30H,11-14,36H2,1-8H3,(H,37,38). The monoisotopic (exact) mass is 704 g/mol. The first kappa shape index (κ1) is 35.4. The van der Waals surface area contributed by atoms with Crippen LogP contribution in [0, 0.1) is 11.6 Å². The first-order valence-corrected chi connectivity index (χ1v) is 20.2. The van der Waals surface area contributed by atoms with Gasteiger partial charge in [0, 0.05) is 36.5 Å². The summed E-state index contributed by atoms with van der Waals surface area (Å²) in [6.45, 7) is 12.4. The molecule has 4 aromatic rings. The molecule has 260 valence electrons. The molecule has 2 aromatic heterocycles. The Morgan fingerprint density at radius 2 is 1.67 bits per heavy atom. The smallest absolute Gasteiger partial charge is 0.193 e. The van der Waals surface area contributed by atoms with Crippen molar-refractivity contribution in [3.63, 3.8) is 0 Å². The number of ether oxygens (including phenoxy) is 3. The van der Waals surface area contributed by atoms with Crippen LogP contribution in [0.3, 0.4) is 0 Å². The van der Waals surface area contributed by atoms with Crippen LogP contribution in [0.1, 0.15) is 38.2 Å². The van der Waals surface area contributed by atoms with Gasteiger partial charge >= 0.3 is 0 Å². The zero-order valence-electron chi connectivity index (χ0n) is 28.4. The maximum absolute atomic E-state index is 16.1. The number of benzene rings is 2. The summed E-state index contributed by atoms with van der Waals surface area (Å²) < 4.78 is 87.9. The quantitative estimate of drug-likeness (QED) is 0.133. The van der Waals surface area contributed by atoms with Crippen LogP contribution in [0.15, 0.2) is 45.8 Å². The van der Waals surface area contributed by atoms with Crippen LogP contribution in [-0.4, -0.2) is 68.5 Å². The van der Waals surface area contributed by atoms with Crippen LogP contribution >= 0.6 is 0 Å². The molecule has 1 saturated heterocycles. The number of methoxy groups -OCH3 is 2. The molecule has 1 atom stereocenters. The Balaban J connectivity index is 1.67. The third-order valence-corrected chi connectivity index (χ3v) is 14.5. The van der Waals surface area contributed by atoms with E-state index in [0.29, 0.717) is 24.6 Å². The van der Waals surface area contributed by atoms with Gasteiger partial charge in [-0.1, -0.05) is 20.8 Å². The Hall–Kier alpha value is -3.92. The molecular weight excluding hydrogens is 663 g/mol. The van der Waals surface area contributed by atoms with E-state index in [2.05, 4.69) is 15.2 Å². The highest BCUT2D eigenvalue weighted by Gasteiger charge is 2.44. The van der Waals surface area contributed by atoms with E-state index in [4.69, 9.17) is 28.8 Å². The van der Waals surface area contributed by atoms with Crippen LogP contribution in [0.5, 0.6) is 11.5 Å². The first-order valence-electron chi connectivity index (χ1n) is 15.4. The van der Waals surface area contributed by atoms with Crippen LogP contribution < -0.4 is 25.4 Å². The van der Waals surface area contributed by atoms with Gasteiger partial charge in [-0.15, -0.1) is 0 Å². The number of rotatable bonds is 10. The molecule has 0 saturated carbocycles. The summed E-state index contributed by atoms with van der Waals surface area (Å²) in [5, 5.41) is 2.87. The Bertz CT molecular complexity index is 1910. The van der Waals surface area contributed by atoms with E-state index in [1.165, 1.54) is 26.5 Å².